The number of rotatable bonds is 8. The number of halogens is 1. The molecule has 0 saturated heterocycles. The van der Waals surface area contributed by atoms with Crippen molar-refractivity contribution in [1.29, 1.82) is 0 Å². The first-order valence-electron chi connectivity index (χ1n) is 6.35. The monoisotopic (exact) mass is 285 g/mol. The molecule has 0 radical (unpaired) electrons. The minimum atomic E-state index is -0.783. The topological polar surface area (TPSA) is 67.8 Å². The summed E-state index contributed by atoms with van der Waals surface area (Å²) in [5.41, 5.74) is 0.440. The average Bonchev–Trinajstić information content (AvgIpc) is 2.45. The Morgan fingerprint density at radius 3 is 2.80 bits per heavy atom. The number of ether oxygens (including phenoxy) is 2. The van der Waals surface area contributed by atoms with Gasteiger partial charge in [-0.1, -0.05) is 18.2 Å². The van der Waals surface area contributed by atoms with Gasteiger partial charge in [-0.2, -0.15) is 0 Å². The number of carbonyl (C=O) groups excluding carboxylic acids is 1. The first kappa shape index (κ1) is 16.6. The van der Waals surface area contributed by atoms with Gasteiger partial charge in [-0.05, 0) is 13.0 Å². The van der Waals surface area contributed by atoms with E-state index in [1.165, 1.54) is 13.2 Å². The van der Waals surface area contributed by atoms with Gasteiger partial charge in [0.25, 0.3) is 0 Å². The van der Waals surface area contributed by atoms with Gasteiger partial charge in [-0.25, -0.2) is 4.39 Å². The predicted molar refractivity (Wildman–Crippen MR) is 71.5 cm³/mol. The summed E-state index contributed by atoms with van der Waals surface area (Å²) >= 11 is 0. The molecule has 6 heteroatoms. The number of hydrogen-bond acceptors (Lipinski definition) is 5. The number of benzene rings is 1. The van der Waals surface area contributed by atoms with E-state index in [1.807, 2.05) is 0 Å². The summed E-state index contributed by atoms with van der Waals surface area (Å²) in [4.78, 5) is 11.1. The summed E-state index contributed by atoms with van der Waals surface area (Å²) < 4.78 is 23.1. The fourth-order valence-corrected chi connectivity index (χ4v) is 1.55. The van der Waals surface area contributed by atoms with Crippen molar-refractivity contribution in [2.24, 2.45) is 0 Å². The summed E-state index contributed by atoms with van der Waals surface area (Å²) in [6.45, 7) is 1.97. The summed E-state index contributed by atoms with van der Waals surface area (Å²) in [6.07, 6.45) is -0.783. The highest BCUT2D eigenvalue weighted by Gasteiger charge is 2.14. The van der Waals surface area contributed by atoms with Crippen molar-refractivity contribution in [1.82, 2.24) is 5.32 Å². The maximum absolute atomic E-state index is 13.3. The summed E-state index contributed by atoms with van der Waals surface area (Å²) in [5, 5.41) is 12.5. The zero-order chi connectivity index (χ0) is 15.0. The van der Waals surface area contributed by atoms with Gasteiger partial charge in [0.1, 0.15) is 11.9 Å². The van der Waals surface area contributed by atoms with Crippen LogP contribution in [0.25, 0.3) is 0 Å². The molecule has 112 valence electrons. The molecule has 0 heterocycles. The Morgan fingerprint density at radius 1 is 1.45 bits per heavy atom. The maximum atomic E-state index is 13.3. The molecule has 2 unspecified atom stereocenters. The van der Waals surface area contributed by atoms with Gasteiger partial charge in [0.05, 0.1) is 26.4 Å². The molecule has 2 N–H and O–H groups in total. The molecule has 0 aromatic heterocycles. The quantitative estimate of drug-likeness (QED) is 0.693. The van der Waals surface area contributed by atoms with Crippen molar-refractivity contribution >= 4 is 5.97 Å². The van der Waals surface area contributed by atoms with Gasteiger partial charge in [0.2, 0.25) is 0 Å². The summed E-state index contributed by atoms with van der Waals surface area (Å²) in [5.74, 6) is -0.732. The molecule has 0 aliphatic heterocycles. The molecule has 0 amide bonds. The normalized spacial score (nSPS) is 13.8. The third kappa shape index (κ3) is 5.64. The molecule has 0 aliphatic rings. The highest BCUT2D eigenvalue weighted by molar-refractivity contribution is 5.75. The second-order valence-electron chi connectivity index (χ2n) is 4.41. The van der Waals surface area contributed by atoms with Crippen LogP contribution in [0.3, 0.4) is 0 Å². The lowest BCUT2D eigenvalue weighted by atomic mass is 10.2. The highest BCUT2D eigenvalue weighted by atomic mass is 19.1. The second kappa shape index (κ2) is 8.63. The Kier molecular flexibility index (Phi) is 7.14. The van der Waals surface area contributed by atoms with E-state index >= 15 is 0 Å². The van der Waals surface area contributed by atoms with E-state index in [9.17, 15) is 14.3 Å². The largest absolute Gasteiger partial charge is 0.468 e. The van der Waals surface area contributed by atoms with Crippen LogP contribution >= 0.6 is 0 Å². The number of aliphatic hydroxyl groups is 1. The molecule has 0 bridgehead atoms. The molecule has 0 spiro atoms. The fraction of sp³-hybridized carbons (Fsp3) is 0.500. The van der Waals surface area contributed by atoms with E-state index in [2.05, 4.69) is 10.1 Å². The Hall–Kier alpha value is -1.50. The molecule has 0 aliphatic carbocycles. The van der Waals surface area contributed by atoms with Crippen LogP contribution in [0.2, 0.25) is 0 Å². The highest BCUT2D eigenvalue weighted by Crippen LogP contribution is 2.07. The van der Waals surface area contributed by atoms with Crippen molar-refractivity contribution in [2.45, 2.75) is 25.7 Å². The first-order chi connectivity index (χ1) is 9.54. The number of methoxy groups -OCH3 is 1. The zero-order valence-electron chi connectivity index (χ0n) is 11.6. The van der Waals surface area contributed by atoms with Crippen LogP contribution in [0.5, 0.6) is 0 Å². The Labute approximate surface area is 117 Å². The third-order valence-corrected chi connectivity index (χ3v) is 2.74. The van der Waals surface area contributed by atoms with Gasteiger partial charge in [0, 0.05) is 12.1 Å². The number of nitrogens with one attached hydrogen (secondary N) is 1. The minimum Gasteiger partial charge on any atom is -0.468 e. The van der Waals surface area contributed by atoms with E-state index in [0.29, 0.717) is 5.56 Å². The number of carbonyl (C=O) groups is 1. The minimum absolute atomic E-state index is 0.0508. The van der Waals surface area contributed by atoms with Crippen LogP contribution in [0, 0.1) is 5.82 Å². The Morgan fingerprint density at radius 2 is 2.15 bits per heavy atom. The smallest absolute Gasteiger partial charge is 0.322 e. The van der Waals surface area contributed by atoms with E-state index < -0.39 is 18.1 Å². The predicted octanol–water partition coefficient (Wildman–Crippen LogP) is 0.854. The van der Waals surface area contributed by atoms with Crippen molar-refractivity contribution in [3.63, 3.8) is 0 Å². The fourth-order valence-electron chi connectivity index (χ4n) is 1.55. The van der Waals surface area contributed by atoms with Crippen molar-refractivity contribution in [3.05, 3.63) is 35.6 Å². The molecule has 1 aromatic carbocycles. The molecular weight excluding hydrogens is 265 g/mol. The molecular formula is C14H20FNO4. The maximum Gasteiger partial charge on any atom is 0.322 e. The molecule has 1 aromatic rings. The van der Waals surface area contributed by atoms with Crippen molar-refractivity contribution < 1.29 is 23.8 Å². The summed E-state index contributed by atoms with van der Waals surface area (Å²) in [6, 6.07) is 5.80. The van der Waals surface area contributed by atoms with Crippen LogP contribution in [-0.4, -0.2) is 43.5 Å². The zero-order valence-corrected chi connectivity index (χ0v) is 11.6. The Balaban J connectivity index is 2.22. The van der Waals surface area contributed by atoms with Gasteiger partial charge in [0.15, 0.2) is 0 Å². The number of esters is 1. The van der Waals surface area contributed by atoms with Crippen LogP contribution in [-0.2, 0) is 20.9 Å². The lowest BCUT2D eigenvalue weighted by Crippen LogP contribution is -2.40. The average molecular weight is 285 g/mol. The molecule has 0 saturated carbocycles. The van der Waals surface area contributed by atoms with Gasteiger partial charge in [-0.15, -0.1) is 0 Å². The number of aliphatic hydroxyl groups excluding tert-OH is 1. The van der Waals surface area contributed by atoms with Crippen LogP contribution < -0.4 is 5.32 Å². The van der Waals surface area contributed by atoms with Gasteiger partial charge in [-0.3, -0.25) is 4.79 Å². The van der Waals surface area contributed by atoms with Crippen molar-refractivity contribution in [3.8, 4) is 0 Å². The Bertz CT molecular complexity index is 427. The lowest BCUT2D eigenvalue weighted by molar-refractivity contribution is -0.142. The van der Waals surface area contributed by atoms with Crippen molar-refractivity contribution in [2.75, 3.05) is 20.3 Å². The van der Waals surface area contributed by atoms with E-state index in [-0.39, 0.29) is 25.6 Å². The van der Waals surface area contributed by atoms with Crippen LogP contribution in [0.15, 0.2) is 24.3 Å². The summed E-state index contributed by atoms with van der Waals surface area (Å²) in [7, 11) is 1.30. The lowest BCUT2D eigenvalue weighted by Gasteiger charge is -2.15. The number of hydrogen-bond donors (Lipinski definition) is 2. The van der Waals surface area contributed by atoms with Gasteiger partial charge < -0.3 is 19.9 Å². The molecule has 5 nitrogen and oxygen atoms in total. The molecule has 2 atom stereocenters. The van der Waals surface area contributed by atoms with E-state index in [1.54, 1.807) is 25.1 Å². The van der Waals surface area contributed by atoms with Crippen LogP contribution in [0.1, 0.15) is 12.5 Å². The second-order valence-corrected chi connectivity index (χ2v) is 4.41. The van der Waals surface area contributed by atoms with Gasteiger partial charge >= 0.3 is 5.97 Å². The van der Waals surface area contributed by atoms with E-state index in [0.717, 1.165) is 0 Å². The molecule has 0 fully saturated rings. The first-order valence-corrected chi connectivity index (χ1v) is 6.35. The SMILES string of the molecule is COC(=O)C(C)NCC(O)COCc1ccccc1F. The van der Waals surface area contributed by atoms with Crippen LogP contribution in [0.4, 0.5) is 4.39 Å². The standard InChI is InChI=1S/C14H20FNO4/c1-10(14(18)19-2)16-7-12(17)9-20-8-11-5-3-4-6-13(11)15/h3-6,10,12,16-17H,7-9H2,1-2H3. The molecule has 1 rings (SSSR count). The van der Waals surface area contributed by atoms with E-state index in [4.69, 9.17) is 4.74 Å². The third-order valence-electron chi connectivity index (χ3n) is 2.74. The molecule has 20 heavy (non-hydrogen) atoms.